The average molecular weight is 156 g/mol. The number of ketones is 1. The summed E-state index contributed by atoms with van der Waals surface area (Å²) in [4.78, 5) is 10.9. The van der Waals surface area contributed by atoms with Crippen LogP contribution in [0.1, 0.15) is 19.3 Å². The summed E-state index contributed by atoms with van der Waals surface area (Å²) in [5, 5.41) is 18.2. The number of carbonyl (C=O) groups is 1. The molecule has 0 radical (unpaired) electrons. The Balaban J connectivity index is 2.64. The van der Waals surface area contributed by atoms with Crippen molar-refractivity contribution in [2.45, 2.75) is 31.5 Å². The molecule has 0 amide bonds. The fraction of sp³-hybridized carbons (Fsp3) is 0.625. The Bertz CT molecular complexity index is 174. The van der Waals surface area contributed by atoms with E-state index in [9.17, 15) is 4.79 Å². The SMILES string of the molecule is O=C1/C=C\CCCC(O)C1O. The first-order chi connectivity index (χ1) is 5.22. The van der Waals surface area contributed by atoms with Gasteiger partial charge in [-0.2, -0.15) is 0 Å². The minimum Gasteiger partial charge on any atom is -0.390 e. The van der Waals surface area contributed by atoms with E-state index in [2.05, 4.69) is 0 Å². The zero-order valence-corrected chi connectivity index (χ0v) is 6.23. The third-order valence-corrected chi connectivity index (χ3v) is 1.81. The van der Waals surface area contributed by atoms with Gasteiger partial charge in [0.05, 0.1) is 6.10 Å². The Morgan fingerprint density at radius 3 is 2.91 bits per heavy atom. The topological polar surface area (TPSA) is 57.5 Å². The van der Waals surface area contributed by atoms with Crippen LogP contribution in [0.5, 0.6) is 0 Å². The first-order valence-corrected chi connectivity index (χ1v) is 3.78. The number of hydrogen-bond acceptors (Lipinski definition) is 3. The molecule has 2 N–H and O–H groups in total. The van der Waals surface area contributed by atoms with E-state index >= 15 is 0 Å². The summed E-state index contributed by atoms with van der Waals surface area (Å²) in [6.45, 7) is 0. The molecule has 11 heavy (non-hydrogen) atoms. The average Bonchev–Trinajstić information content (AvgIpc) is 2.00. The molecule has 0 saturated heterocycles. The zero-order chi connectivity index (χ0) is 8.27. The van der Waals surface area contributed by atoms with Crippen LogP contribution in [0.15, 0.2) is 12.2 Å². The second-order valence-corrected chi connectivity index (χ2v) is 2.75. The van der Waals surface area contributed by atoms with E-state index in [4.69, 9.17) is 10.2 Å². The minimum absolute atomic E-state index is 0.391. The monoisotopic (exact) mass is 156 g/mol. The number of rotatable bonds is 0. The van der Waals surface area contributed by atoms with Crippen LogP contribution in [0.2, 0.25) is 0 Å². The highest BCUT2D eigenvalue weighted by Gasteiger charge is 2.22. The van der Waals surface area contributed by atoms with Crippen LogP contribution in [0, 0.1) is 0 Å². The van der Waals surface area contributed by atoms with E-state index in [0.29, 0.717) is 6.42 Å². The molecule has 0 saturated carbocycles. The fourth-order valence-corrected chi connectivity index (χ4v) is 1.09. The molecule has 0 aromatic rings. The van der Waals surface area contributed by atoms with E-state index in [0.717, 1.165) is 12.8 Å². The van der Waals surface area contributed by atoms with E-state index in [-0.39, 0.29) is 0 Å². The van der Waals surface area contributed by atoms with E-state index in [1.54, 1.807) is 6.08 Å². The van der Waals surface area contributed by atoms with Gasteiger partial charge in [0.2, 0.25) is 0 Å². The van der Waals surface area contributed by atoms with Crippen LogP contribution in [-0.2, 0) is 4.79 Å². The van der Waals surface area contributed by atoms with E-state index < -0.39 is 18.0 Å². The molecule has 0 aromatic heterocycles. The molecule has 0 fully saturated rings. The van der Waals surface area contributed by atoms with Gasteiger partial charge in [0.15, 0.2) is 5.78 Å². The highest BCUT2D eigenvalue weighted by atomic mass is 16.3. The summed E-state index contributed by atoms with van der Waals surface area (Å²) >= 11 is 0. The highest BCUT2D eigenvalue weighted by molar-refractivity contribution is 5.93. The predicted octanol–water partition coefficient (Wildman–Crippen LogP) is 0.0174. The fourth-order valence-electron chi connectivity index (χ4n) is 1.09. The molecule has 3 nitrogen and oxygen atoms in total. The Kier molecular flexibility index (Phi) is 2.79. The van der Waals surface area contributed by atoms with Crippen LogP contribution in [0.3, 0.4) is 0 Å². The molecule has 62 valence electrons. The zero-order valence-electron chi connectivity index (χ0n) is 6.23. The van der Waals surface area contributed by atoms with Crippen LogP contribution in [0.25, 0.3) is 0 Å². The summed E-state index contributed by atoms with van der Waals surface area (Å²) in [7, 11) is 0. The molecule has 2 atom stereocenters. The number of hydrogen-bond donors (Lipinski definition) is 2. The molecular weight excluding hydrogens is 144 g/mol. The van der Waals surface area contributed by atoms with E-state index in [1.165, 1.54) is 6.08 Å². The van der Waals surface area contributed by atoms with Crippen molar-refractivity contribution in [1.29, 1.82) is 0 Å². The smallest absolute Gasteiger partial charge is 0.186 e. The van der Waals surface area contributed by atoms with Crippen molar-refractivity contribution in [3.63, 3.8) is 0 Å². The first kappa shape index (κ1) is 8.43. The van der Waals surface area contributed by atoms with Gasteiger partial charge in [0.25, 0.3) is 0 Å². The van der Waals surface area contributed by atoms with Crippen LogP contribution in [-0.4, -0.2) is 28.2 Å². The summed E-state index contributed by atoms with van der Waals surface area (Å²) < 4.78 is 0. The molecule has 0 aliphatic heterocycles. The molecule has 0 bridgehead atoms. The van der Waals surface area contributed by atoms with Gasteiger partial charge in [-0.1, -0.05) is 6.08 Å². The van der Waals surface area contributed by atoms with Gasteiger partial charge in [-0.05, 0) is 25.3 Å². The van der Waals surface area contributed by atoms with Crippen molar-refractivity contribution >= 4 is 5.78 Å². The standard InChI is InChI=1S/C8H12O3/c9-6-4-2-1-3-5-7(10)8(6)11/h2,4,7-8,10-11H,1,3,5H2/b4-2-. The lowest BCUT2D eigenvalue weighted by atomic mass is 10.00. The van der Waals surface area contributed by atoms with Crippen LogP contribution in [0.4, 0.5) is 0 Å². The molecule has 0 spiro atoms. The third kappa shape index (κ3) is 2.13. The summed E-state index contributed by atoms with van der Waals surface area (Å²) in [6.07, 6.45) is 3.10. The second-order valence-electron chi connectivity index (χ2n) is 2.75. The number of aliphatic hydroxyl groups is 2. The van der Waals surface area contributed by atoms with Gasteiger partial charge in [-0.25, -0.2) is 0 Å². The summed E-state index contributed by atoms with van der Waals surface area (Å²) in [6, 6.07) is 0. The van der Waals surface area contributed by atoms with E-state index in [1.807, 2.05) is 0 Å². The predicted molar refractivity (Wildman–Crippen MR) is 40.0 cm³/mol. The quantitative estimate of drug-likeness (QED) is 0.519. The summed E-state index contributed by atoms with van der Waals surface area (Å²) in [5.41, 5.74) is 0. The van der Waals surface area contributed by atoms with Gasteiger partial charge in [0.1, 0.15) is 6.10 Å². The number of allylic oxidation sites excluding steroid dienone is 1. The van der Waals surface area contributed by atoms with Gasteiger partial charge in [-0.15, -0.1) is 0 Å². The van der Waals surface area contributed by atoms with Crippen molar-refractivity contribution in [2.75, 3.05) is 0 Å². The molecule has 1 aliphatic carbocycles. The maximum Gasteiger partial charge on any atom is 0.186 e. The van der Waals surface area contributed by atoms with Gasteiger partial charge >= 0.3 is 0 Å². The maximum atomic E-state index is 10.9. The molecule has 3 heteroatoms. The lowest BCUT2D eigenvalue weighted by Crippen LogP contribution is -2.33. The molecule has 1 rings (SSSR count). The molecule has 0 heterocycles. The number of aliphatic hydroxyl groups excluding tert-OH is 2. The lowest BCUT2D eigenvalue weighted by Gasteiger charge is -2.16. The third-order valence-electron chi connectivity index (χ3n) is 1.81. The Hall–Kier alpha value is -0.670. The first-order valence-electron chi connectivity index (χ1n) is 3.78. The maximum absolute atomic E-state index is 10.9. The van der Waals surface area contributed by atoms with Gasteiger partial charge in [0, 0.05) is 0 Å². The molecule has 1 aliphatic rings. The van der Waals surface area contributed by atoms with Crippen LogP contribution < -0.4 is 0 Å². The van der Waals surface area contributed by atoms with Crippen molar-refractivity contribution in [3.8, 4) is 0 Å². The Morgan fingerprint density at radius 2 is 2.18 bits per heavy atom. The van der Waals surface area contributed by atoms with Crippen molar-refractivity contribution in [2.24, 2.45) is 0 Å². The Labute approximate surface area is 65.3 Å². The minimum atomic E-state index is -1.22. The van der Waals surface area contributed by atoms with Gasteiger partial charge in [-0.3, -0.25) is 4.79 Å². The second kappa shape index (κ2) is 3.64. The number of carbonyl (C=O) groups excluding carboxylic acids is 1. The van der Waals surface area contributed by atoms with Crippen molar-refractivity contribution in [3.05, 3.63) is 12.2 Å². The van der Waals surface area contributed by atoms with Crippen molar-refractivity contribution < 1.29 is 15.0 Å². The molecule has 2 unspecified atom stereocenters. The van der Waals surface area contributed by atoms with Crippen molar-refractivity contribution in [1.82, 2.24) is 0 Å². The largest absolute Gasteiger partial charge is 0.390 e. The summed E-state index contributed by atoms with van der Waals surface area (Å²) in [5.74, 6) is -0.391. The normalized spacial score (nSPS) is 36.0. The molecule has 0 aromatic carbocycles. The highest BCUT2D eigenvalue weighted by Crippen LogP contribution is 2.10. The van der Waals surface area contributed by atoms with Crippen LogP contribution >= 0.6 is 0 Å². The van der Waals surface area contributed by atoms with Gasteiger partial charge < -0.3 is 10.2 Å². The molecular formula is C8H12O3. The Morgan fingerprint density at radius 1 is 1.45 bits per heavy atom. The lowest BCUT2D eigenvalue weighted by molar-refractivity contribution is -0.128.